The summed E-state index contributed by atoms with van der Waals surface area (Å²) in [6.45, 7) is 3.55. The third-order valence-electron chi connectivity index (χ3n) is 6.88. The second-order valence-electron chi connectivity index (χ2n) is 8.31. The molecule has 1 saturated carbocycles. The standard InChI is InChI=1S/C20H27N5O/c26-19(20-9-3-1-7-16(20)12-21-14-20)24-10-5-6-15(13-24)18-23-22-17-8-2-4-11-25(17)18/h2,4,8,11,15-16,21H,1,3,5-7,9-10,12-14H2/t15?,16-,20+/m0/s1. The van der Waals surface area contributed by atoms with Crippen molar-refractivity contribution in [1.29, 1.82) is 0 Å². The van der Waals surface area contributed by atoms with Gasteiger partial charge in [-0.05, 0) is 50.3 Å². The molecule has 2 aromatic rings. The van der Waals surface area contributed by atoms with E-state index < -0.39 is 0 Å². The zero-order chi connectivity index (χ0) is 17.6. The van der Waals surface area contributed by atoms with Gasteiger partial charge in [-0.3, -0.25) is 9.20 Å². The lowest BCUT2D eigenvalue weighted by molar-refractivity contribution is -0.146. The zero-order valence-electron chi connectivity index (χ0n) is 15.2. The van der Waals surface area contributed by atoms with Crippen LogP contribution in [-0.4, -0.2) is 51.6 Å². The first-order valence-corrected chi connectivity index (χ1v) is 10.1. The maximum atomic E-state index is 13.6. The molecule has 6 nitrogen and oxygen atoms in total. The largest absolute Gasteiger partial charge is 0.341 e. The summed E-state index contributed by atoms with van der Waals surface area (Å²) in [4.78, 5) is 15.7. The van der Waals surface area contributed by atoms with Gasteiger partial charge in [-0.1, -0.05) is 18.9 Å². The Hall–Kier alpha value is -1.95. The zero-order valence-corrected chi connectivity index (χ0v) is 15.2. The summed E-state index contributed by atoms with van der Waals surface area (Å²) in [5.41, 5.74) is 0.740. The summed E-state index contributed by atoms with van der Waals surface area (Å²) in [6, 6.07) is 5.99. The van der Waals surface area contributed by atoms with Gasteiger partial charge in [0.15, 0.2) is 5.65 Å². The normalized spacial score (nSPS) is 31.9. The maximum Gasteiger partial charge on any atom is 0.230 e. The highest BCUT2D eigenvalue weighted by Crippen LogP contribution is 2.45. The Kier molecular flexibility index (Phi) is 3.96. The van der Waals surface area contributed by atoms with Crippen molar-refractivity contribution in [1.82, 2.24) is 24.8 Å². The van der Waals surface area contributed by atoms with Gasteiger partial charge < -0.3 is 10.2 Å². The lowest BCUT2D eigenvalue weighted by Gasteiger charge is -2.43. The number of pyridine rings is 1. The number of hydrogen-bond acceptors (Lipinski definition) is 4. The van der Waals surface area contributed by atoms with E-state index in [4.69, 9.17) is 0 Å². The average molecular weight is 353 g/mol. The quantitative estimate of drug-likeness (QED) is 0.899. The van der Waals surface area contributed by atoms with Crippen LogP contribution in [0.1, 0.15) is 50.3 Å². The fraction of sp³-hybridized carbons (Fsp3) is 0.650. The number of aromatic nitrogens is 3. The number of carbonyl (C=O) groups is 1. The Morgan fingerprint density at radius 1 is 1.19 bits per heavy atom. The van der Waals surface area contributed by atoms with Gasteiger partial charge in [0.05, 0.1) is 5.41 Å². The monoisotopic (exact) mass is 353 g/mol. The number of likely N-dealkylation sites (tertiary alicyclic amines) is 1. The van der Waals surface area contributed by atoms with Crippen LogP contribution < -0.4 is 5.32 Å². The van der Waals surface area contributed by atoms with Crippen molar-refractivity contribution in [2.24, 2.45) is 11.3 Å². The maximum absolute atomic E-state index is 13.6. The molecule has 6 heteroatoms. The van der Waals surface area contributed by atoms with Crippen molar-refractivity contribution in [3.05, 3.63) is 30.2 Å². The summed E-state index contributed by atoms with van der Waals surface area (Å²) in [6.07, 6.45) is 8.87. The molecule has 26 heavy (non-hydrogen) atoms. The molecular weight excluding hydrogens is 326 g/mol. The molecule has 1 unspecified atom stereocenters. The van der Waals surface area contributed by atoms with E-state index in [1.807, 2.05) is 24.4 Å². The molecule has 1 aliphatic carbocycles. The van der Waals surface area contributed by atoms with Crippen molar-refractivity contribution in [2.75, 3.05) is 26.2 Å². The van der Waals surface area contributed by atoms with Crippen LogP contribution in [-0.2, 0) is 4.79 Å². The number of carbonyl (C=O) groups excluding carboxylic acids is 1. The molecule has 2 aromatic heterocycles. The molecule has 0 aromatic carbocycles. The van der Waals surface area contributed by atoms with Gasteiger partial charge in [0.2, 0.25) is 5.91 Å². The highest BCUT2D eigenvalue weighted by Gasteiger charge is 2.51. The Bertz CT molecular complexity index is 817. The number of rotatable bonds is 2. The van der Waals surface area contributed by atoms with Crippen LogP contribution in [0.5, 0.6) is 0 Å². The molecule has 138 valence electrons. The van der Waals surface area contributed by atoms with Crippen LogP contribution in [0.3, 0.4) is 0 Å². The first-order valence-electron chi connectivity index (χ1n) is 10.1. The molecule has 4 heterocycles. The fourth-order valence-corrected chi connectivity index (χ4v) is 5.49. The lowest BCUT2D eigenvalue weighted by atomic mass is 9.67. The van der Waals surface area contributed by atoms with Gasteiger partial charge in [0.1, 0.15) is 5.82 Å². The molecule has 3 aliphatic rings. The fourth-order valence-electron chi connectivity index (χ4n) is 5.49. The summed E-state index contributed by atoms with van der Waals surface area (Å²) in [7, 11) is 0. The van der Waals surface area contributed by atoms with Crippen molar-refractivity contribution in [3.8, 4) is 0 Å². The number of nitrogens with zero attached hydrogens (tertiary/aromatic N) is 4. The Morgan fingerprint density at radius 3 is 3.12 bits per heavy atom. The molecule has 3 fully saturated rings. The number of piperidine rings is 1. The summed E-state index contributed by atoms with van der Waals surface area (Å²) in [5.74, 6) is 2.20. The van der Waals surface area contributed by atoms with E-state index in [1.54, 1.807) is 0 Å². The van der Waals surface area contributed by atoms with Crippen LogP contribution in [0.15, 0.2) is 24.4 Å². The van der Waals surface area contributed by atoms with Crippen LogP contribution in [0.25, 0.3) is 5.65 Å². The van der Waals surface area contributed by atoms with Crippen LogP contribution in [0, 0.1) is 11.3 Å². The second kappa shape index (κ2) is 6.34. The molecule has 2 saturated heterocycles. The van der Waals surface area contributed by atoms with Crippen LogP contribution >= 0.6 is 0 Å². The van der Waals surface area contributed by atoms with E-state index in [9.17, 15) is 4.79 Å². The van der Waals surface area contributed by atoms with E-state index in [1.165, 1.54) is 19.3 Å². The van der Waals surface area contributed by atoms with Crippen LogP contribution in [0.4, 0.5) is 0 Å². The molecule has 1 N–H and O–H groups in total. The molecule has 5 rings (SSSR count). The van der Waals surface area contributed by atoms with Gasteiger partial charge in [0.25, 0.3) is 0 Å². The van der Waals surface area contributed by atoms with Crippen molar-refractivity contribution in [2.45, 2.75) is 44.4 Å². The minimum atomic E-state index is -0.146. The van der Waals surface area contributed by atoms with Crippen molar-refractivity contribution in [3.63, 3.8) is 0 Å². The molecule has 0 radical (unpaired) electrons. The SMILES string of the molecule is O=C(N1CCCC(c2nnc3ccccn23)C1)[C@@]12CCCC[C@H]1CNC2. The van der Waals surface area contributed by atoms with E-state index in [2.05, 4.69) is 24.8 Å². The smallest absolute Gasteiger partial charge is 0.230 e. The van der Waals surface area contributed by atoms with E-state index in [0.29, 0.717) is 11.8 Å². The summed E-state index contributed by atoms with van der Waals surface area (Å²) in [5, 5.41) is 12.3. The highest BCUT2D eigenvalue weighted by atomic mass is 16.2. The predicted octanol–water partition coefficient (Wildman–Crippen LogP) is 2.22. The molecule has 0 bridgehead atoms. The number of hydrogen-bond donors (Lipinski definition) is 1. The minimum absolute atomic E-state index is 0.146. The summed E-state index contributed by atoms with van der Waals surface area (Å²) < 4.78 is 2.08. The van der Waals surface area contributed by atoms with E-state index >= 15 is 0 Å². The first kappa shape index (κ1) is 16.2. The molecule has 0 spiro atoms. The minimum Gasteiger partial charge on any atom is -0.341 e. The van der Waals surface area contributed by atoms with Gasteiger partial charge in [-0.2, -0.15) is 0 Å². The number of amides is 1. The summed E-state index contributed by atoms with van der Waals surface area (Å²) >= 11 is 0. The molecule has 2 aliphatic heterocycles. The molecule has 3 atom stereocenters. The van der Waals surface area contributed by atoms with Gasteiger partial charge in [-0.15, -0.1) is 10.2 Å². The third-order valence-corrected chi connectivity index (χ3v) is 6.88. The topological polar surface area (TPSA) is 62.5 Å². The van der Waals surface area contributed by atoms with E-state index in [-0.39, 0.29) is 11.3 Å². The Labute approximate surface area is 154 Å². The first-order chi connectivity index (χ1) is 12.8. The average Bonchev–Trinajstić information content (AvgIpc) is 3.32. The van der Waals surface area contributed by atoms with Gasteiger partial charge in [0, 0.05) is 31.7 Å². The van der Waals surface area contributed by atoms with E-state index in [0.717, 1.165) is 56.9 Å². The second-order valence-corrected chi connectivity index (χ2v) is 8.31. The number of fused-ring (bicyclic) bond motifs is 2. The Balaban J connectivity index is 1.40. The lowest BCUT2D eigenvalue weighted by Crippen LogP contribution is -2.52. The van der Waals surface area contributed by atoms with Crippen molar-refractivity contribution < 1.29 is 4.79 Å². The predicted molar refractivity (Wildman–Crippen MR) is 98.8 cm³/mol. The van der Waals surface area contributed by atoms with Crippen LogP contribution in [0.2, 0.25) is 0 Å². The van der Waals surface area contributed by atoms with Gasteiger partial charge in [-0.25, -0.2) is 0 Å². The van der Waals surface area contributed by atoms with Gasteiger partial charge >= 0.3 is 0 Å². The van der Waals surface area contributed by atoms with Crippen molar-refractivity contribution >= 4 is 11.6 Å². The highest BCUT2D eigenvalue weighted by molar-refractivity contribution is 5.84. The number of nitrogens with one attached hydrogen (secondary N) is 1. The Morgan fingerprint density at radius 2 is 2.15 bits per heavy atom. The molecule has 1 amide bonds. The molecular formula is C20H27N5O. The third kappa shape index (κ3) is 2.46.